The number of nitrogens with zero attached hydrogens (tertiary/aromatic N) is 1. The molecule has 6 heteroatoms. The number of ether oxygens (including phenoxy) is 1. The van der Waals surface area contributed by atoms with Crippen LogP contribution in [0.2, 0.25) is 0 Å². The second-order valence-corrected chi connectivity index (χ2v) is 9.53. The summed E-state index contributed by atoms with van der Waals surface area (Å²) < 4.78 is 18.7. The maximum atomic E-state index is 13.1. The highest BCUT2D eigenvalue weighted by Crippen LogP contribution is 2.44. The van der Waals surface area contributed by atoms with Crippen molar-refractivity contribution in [3.8, 4) is 0 Å². The molecule has 3 fully saturated rings. The smallest absolute Gasteiger partial charge is 0.310 e. The van der Waals surface area contributed by atoms with E-state index in [9.17, 15) is 14.3 Å². The van der Waals surface area contributed by atoms with Crippen LogP contribution in [-0.2, 0) is 9.53 Å². The van der Waals surface area contributed by atoms with E-state index in [4.69, 9.17) is 4.74 Å². The lowest BCUT2D eigenvalue weighted by atomic mass is 9.68. The molecule has 2 aliphatic carbocycles. The van der Waals surface area contributed by atoms with E-state index < -0.39 is 11.4 Å². The fraction of sp³-hybridized carbons (Fsp3) is 0.696. The molecule has 1 aromatic carbocycles. The summed E-state index contributed by atoms with van der Waals surface area (Å²) in [4.78, 5) is 14.0. The molecule has 1 aliphatic heterocycles. The molecule has 1 saturated heterocycles. The van der Waals surface area contributed by atoms with Crippen LogP contribution in [0.25, 0.3) is 0 Å². The first kappa shape index (κ1) is 20.8. The SMILES string of the molecule is COCC1(CNC2CC2c2ccc(F)cc2)CCN(CC2(C(=O)O)CCC2)CC1. The van der Waals surface area contributed by atoms with Crippen molar-refractivity contribution in [2.45, 2.75) is 50.5 Å². The molecule has 29 heavy (non-hydrogen) atoms. The van der Waals surface area contributed by atoms with Crippen molar-refractivity contribution >= 4 is 5.97 Å². The standard InChI is InChI=1S/C23H33FN2O3/c1-29-16-22(14-25-20-13-19(20)17-3-5-18(24)6-4-17)9-11-26(12-10-22)15-23(21(27)28)7-2-8-23/h3-6,19-20,25H,2,7-16H2,1H3,(H,27,28). The average Bonchev–Trinajstić information content (AvgIpc) is 3.45. The third-order valence-corrected chi connectivity index (χ3v) is 7.49. The number of methoxy groups -OCH3 is 1. The average molecular weight is 405 g/mol. The predicted molar refractivity (Wildman–Crippen MR) is 109 cm³/mol. The third-order valence-electron chi connectivity index (χ3n) is 7.49. The fourth-order valence-electron chi connectivity index (χ4n) is 5.18. The Hall–Kier alpha value is -1.50. The molecule has 2 N–H and O–H groups in total. The molecule has 1 aromatic rings. The summed E-state index contributed by atoms with van der Waals surface area (Å²) in [5, 5.41) is 13.3. The van der Waals surface area contributed by atoms with Crippen molar-refractivity contribution in [3.63, 3.8) is 0 Å². The summed E-state index contributed by atoms with van der Waals surface area (Å²) >= 11 is 0. The summed E-state index contributed by atoms with van der Waals surface area (Å²) in [7, 11) is 1.76. The van der Waals surface area contributed by atoms with E-state index in [-0.39, 0.29) is 11.2 Å². The Kier molecular flexibility index (Phi) is 5.96. The van der Waals surface area contributed by atoms with E-state index in [0.717, 1.165) is 64.8 Å². The van der Waals surface area contributed by atoms with E-state index in [2.05, 4.69) is 10.2 Å². The molecule has 3 aliphatic rings. The fourth-order valence-corrected chi connectivity index (χ4v) is 5.18. The number of piperidine rings is 1. The van der Waals surface area contributed by atoms with Gasteiger partial charge in [-0.3, -0.25) is 4.79 Å². The molecule has 0 aromatic heterocycles. The Morgan fingerprint density at radius 2 is 1.93 bits per heavy atom. The van der Waals surface area contributed by atoms with Gasteiger partial charge in [0, 0.05) is 37.6 Å². The number of hydrogen-bond acceptors (Lipinski definition) is 4. The molecule has 160 valence electrons. The number of likely N-dealkylation sites (tertiary alicyclic amines) is 1. The third kappa shape index (κ3) is 4.49. The molecule has 2 unspecified atom stereocenters. The van der Waals surface area contributed by atoms with Gasteiger partial charge >= 0.3 is 5.97 Å². The summed E-state index contributed by atoms with van der Waals surface area (Å²) in [6.45, 7) is 4.21. The van der Waals surface area contributed by atoms with E-state index in [1.165, 1.54) is 5.56 Å². The van der Waals surface area contributed by atoms with Crippen LogP contribution in [0.1, 0.15) is 50.0 Å². The second kappa shape index (κ2) is 8.32. The summed E-state index contributed by atoms with van der Waals surface area (Å²) in [5.41, 5.74) is 0.812. The van der Waals surface area contributed by atoms with Crippen LogP contribution in [0.4, 0.5) is 4.39 Å². The first-order chi connectivity index (χ1) is 14.0. The zero-order valence-electron chi connectivity index (χ0n) is 17.3. The number of benzene rings is 1. The van der Waals surface area contributed by atoms with Crippen LogP contribution < -0.4 is 5.32 Å². The van der Waals surface area contributed by atoms with Crippen molar-refractivity contribution in [2.75, 3.05) is 39.9 Å². The minimum absolute atomic E-state index is 0.108. The van der Waals surface area contributed by atoms with Gasteiger partial charge in [0.05, 0.1) is 12.0 Å². The van der Waals surface area contributed by atoms with Gasteiger partial charge in [-0.05, 0) is 62.9 Å². The largest absolute Gasteiger partial charge is 0.481 e. The lowest BCUT2D eigenvalue weighted by molar-refractivity contribution is -0.157. The molecule has 1 heterocycles. The van der Waals surface area contributed by atoms with Crippen LogP contribution in [-0.4, -0.2) is 61.9 Å². The summed E-state index contributed by atoms with van der Waals surface area (Å²) in [5.74, 6) is -0.333. The molecule has 5 nitrogen and oxygen atoms in total. The van der Waals surface area contributed by atoms with Gasteiger partial charge in [0.15, 0.2) is 0 Å². The minimum atomic E-state index is -0.625. The molecular formula is C23H33FN2O3. The molecule has 0 spiro atoms. The number of hydrogen-bond donors (Lipinski definition) is 2. The van der Waals surface area contributed by atoms with Crippen molar-refractivity contribution in [1.82, 2.24) is 10.2 Å². The lowest BCUT2D eigenvalue weighted by Gasteiger charge is -2.46. The van der Waals surface area contributed by atoms with Gasteiger partial charge < -0.3 is 20.1 Å². The van der Waals surface area contributed by atoms with E-state index in [0.29, 0.717) is 18.5 Å². The van der Waals surface area contributed by atoms with Crippen molar-refractivity contribution < 1.29 is 19.0 Å². The highest BCUT2D eigenvalue weighted by molar-refractivity contribution is 5.76. The Bertz CT molecular complexity index is 711. The minimum Gasteiger partial charge on any atom is -0.481 e. The topological polar surface area (TPSA) is 61.8 Å². The van der Waals surface area contributed by atoms with Gasteiger partial charge in [-0.2, -0.15) is 0 Å². The van der Waals surface area contributed by atoms with Gasteiger partial charge in [0.1, 0.15) is 5.82 Å². The first-order valence-corrected chi connectivity index (χ1v) is 10.9. The monoisotopic (exact) mass is 404 g/mol. The number of carbonyl (C=O) groups is 1. The van der Waals surface area contributed by atoms with Crippen LogP contribution in [0.5, 0.6) is 0 Å². The molecule has 2 atom stereocenters. The molecule has 0 radical (unpaired) electrons. The number of aliphatic carboxylic acids is 1. The predicted octanol–water partition coefficient (Wildman–Crippen LogP) is 3.25. The number of carboxylic acid groups (broad SMARTS) is 1. The number of halogens is 1. The maximum absolute atomic E-state index is 13.1. The quantitative estimate of drug-likeness (QED) is 0.662. The van der Waals surface area contributed by atoms with Gasteiger partial charge in [-0.25, -0.2) is 4.39 Å². The van der Waals surface area contributed by atoms with E-state index >= 15 is 0 Å². The van der Waals surface area contributed by atoms with Crippen LogP contribution in [0.3, 0.4) is 0 Å². The zero-order chi connectivity index (χ0) is 20.5. The molecule has 2 saturated carbocycles. The van der Waals surface area contributed by atoms with Crippen LogP contribution in [0, 0.1) is 16.6 Å². The molecule has 0 bridgehead atoms. The Morgan fingerprint density at radius 1 is 1.24 bits per heavy atom. The number of nitrogens with one attached hydrogen (secondary N) is 1. The van der Waals surface area contributed by atoms with Crippen molar-refractivity contribution in [2.24, 2.45) is 10.8 Å². The van der Waals surface area contributed by atoms with Crippen molar-refractivity contribution in [3.05, 3.63) is 35.6 Å². The van der Waals surface area contributed by atoms with Gasteiger partial charge in [0.2, 0.25) is 0 Å². The van der Waals surface area contributed by atoms with Crippen LogP contribution in [0.15, 0.2) is 24.3 Å². The maximum Gasteiger partial charge on any atom is 0.310 e. The number of rotatable bonds is 9. The van der Waals surface area contributed by atoms with Crippen LogP contribution >= 0.6 is 0 Å². The molecular weight excluding hydrogens is 371 g/mol. The highest BCUT2D eigenvalue weighted by atomic mass is 19.1. The highest BCUT2D eigenvalue weighted by Gasteiger charge is 2.47. The Labute approximate surface area is 172 Å². The molecule has 0 amide bonds. The van der Waals surface area contributed by atoms with Gasteiger partial charge in [-0.15, -0.1) is 0 Å². The van der Waals surface area contributed by atoms with Gasteiger partial charge in [-0.1, -0.05) is 18.6 Å². The normalized spacial score (nSPS) is 27.9. The van der Waals surface area contributed by atoms with E-state index in [1.807, 2.05) is 12.1 Å². The first-order valence-electron chi connectivity index (χ1n) is 10.9. The van der Waals surface area contributed by atoms with E-state index in [1.54, 1.807) is 19.2 Å². The molecule has 4 rings (SSSR count). The van der Waals surface area contributed by atoms with Gasteiger partial charge in [0.25, 0.3) is 0 Å². The summed E-state index contributed by atoms with van der Waals surface area (Å²) in [6.07, 6.45) is 5.82. The van der Waals surface area contributed by atoms with Crippen molar-refractivity contribution in [1.29, 1.82) is 0 Å². The lowest BCUT2D eigenvalue weighted by Crippen LogP contribution is -2.53. The second-order valence-electron chi connectivity index (χ2n) is 9.53. The zero-order valence-corrected chi connectivity index (χ0v) is 17.3. The Morgan fingerprint density at radius 3 is 2.48 bits per heavy atom. The Balaban J connectivity index is 1.28. The number of carboxylic acids is 1. The summed E-state index contributed by atoms with van der Waals surface area (Å²) in [6, 6.07) is 7.32.